The Bertz CT molecular complexity index is 464. The third-order valence-electron chi connectivity index (χ3n) is 3.28. The quantitative estimate of drug-likeness (QED) is 0.750. The van der Waals surface area contributed by atoms with Crippen LogP contribution in [0.15, 0.2) is 18.3 Å². The van der Waals surface area contributed by atoms with Crippen LogP contribution in [0.3, 0.4) is 0 Å². The number of aliphatic hydroxyl groups is 1. The van der Waals surface area contributed by atoms with Gasteiger partial charge in [-0.3, -0.25) is 4.79 Å². The zero-order valence-corrected chi connectivity index (χ0v) is 10.4. The predicted molar refractivity (Wildman–Crippen MR) is 66.9 cm³/mol. The SMILES string of the molecule is O=C(NC1CCC(O)CC1)c1ccc(C(=O)O)nc1. The summed E-state index contributed by atoms with van der Waals surface area (Å²) in [5.41, 5.74) is 0.258. The molecule has 0 saturated heterocycles. The van der Waals surface area contributed by atoms with E-state index < -0.39 is 5.97 Å². The van der Waals surface area contributed by atoms with E-state index in [2.05, 4.69) is 10.3 Å². The van der Waals surface area contributed by atoms with Crippen molar-refractivity contribution in [3.05, 3.63) is 29.6 Å². The second-order valence-corrected chi connectivity index (χ2v) is 4.72. The fourth-order valence-electron chi connectivity index (χ4n) is 2.14. The molecule has 2 rings (SSSR count). The van der Waals surface area contributed by atoms with Crippen LogP contribution in [-0.4, -0.2) is 39.2 Å². The fourth-order valence-corrected chi connectivity index (χ4v) is 2.14. The minimum Gasteiger partial charge on any atom is -0.477 e. The van der Waals surface area contributed by atoms with E-state index in [9.17, 15) is 14.7 Å². The lowest BCUT2D eigenvalue weighted by atomic mass is 9.93. The molecule has 0 spiro atoms. The topological polar surface area (TPSA) is 99.5 Å². The van der Waals surface area contributed by atoms with Crippen molar-refractivity contribution in [2.75, 3.05) is 0 Å². The molecule has 1 aromatic heterocycles. The molecule has 1 fully saturated rings. The summed E-state index contributed by atoms with van der Waals surface area (Å²) in [5.74, 6) is -1.38. The standard InChI is InChI=1S/C13H16N2O4/c16-10-4-2-9(3-5-10)15-12(17)8-1-6-11(13(18)19)14-7-8/h1,6-7,9-10,16H,2-5H2,(H,15,17)(H,18,19). The number of nitrogens with one attached hydrogen (secondary N) is 1. The molecule has 6 nitrogen and oxygen atoms in total. The Morgan fingerprint density at radius 1 is 1.21 bits per heavy atom. The van der Waals surface area contributed by atoms with Crippen molar-refractivity contribution in [3.8, 4) is 0 Å². The molecular weight excluding hydrogens is 248 g/mol. The van der Waals surface area contributed by atoms with Crippen molar-refractivity contribution in [3.63, 3.8) is 0 Å². The molecule has 0 atom stereocenters. The molecule has 0 unspecified atom stereocenters. The number of rotatable bonds is 3. The van der Waals surface area contributed by atoms with E-state index in [1.807, 2.05) is 0 Å². The molecule has 0 aliphatic heterocycles. The average Bonchev–Trinajstić information content (AvgIpc) is 2.41. The number of aliphatic hydroxyl groups excluding tert-OH is 1. The third-order valence-corrected chi connectivity index (χ3v) is 3.28. The van der Waals surface area contributed by atoms with E-state index in [-0.39, 0.29) is 23.7 Å². The van der Waals surface area contributed by atoms with Gasteiger partial charge in [-0.1, -0.05) is 0 Å². The highest BCUT2D eigenvalue weighted by Crippen LogP contribution is 2.18. The monoisotopic (exact) mass is 264 g/mol. The second kappa shape index (κ2) is 5.79. The van der Waals surface area contributed by atoms with Gasteiger partial charge >= 0.3 is 5.97 Å². The Labute approximate surface area is 110 Å². The van der Waals surface area contributed by atoms with Crippen molar-refractivity contribution in [2.24, 2.45) is 0 Å². The largest absolute Gasteiger partial charge is 0.477 e. The summed E-state index contributed by atoms with van der Waals surface area (Å²) in [6.45, 7) is 0. The van der Waals surface area contributed by atoms with E-state index in [1.54, 1.807) is 0 Å². The summed E-state index contributed by atoms with van der Waals surface area (Å²) in [4.78, 5) is 26.3. The van der Waals surface area contributed by atoms with E-state index in [1.165, 1.54) is 18.3 Å². The first-order valence-electron chi connectivity index (χ1n) is 6.24. The summed E-state index contributed by atoms with van der Waals surface area (Å²) in [7, 11) is 0. The van der Waals surface area contributed by atoms with Crippen LogP contribution in [0, 0.1) is 0 Å². The van der Waals surface area contributed by atoms with Gasteiger partial charge in [0.2, 0.25) is 0 Å². The van der Waals surface area contributed by atoms with Crippen molar-refractivity contribution < 1.29 is 19.8 Å². The summed E-state index contributed by atoms with van der Waals surface area (Å²) >= 11 is 0. The molecule has 102 valence electrons. The van der Waals surface area contributed by atoms with E-state index in [0.717, 1.165) is 12.8 Å². The summed E-state index contributed by atoms with van der Waals surface area (Å²) in [6.07, 6.45) is 3.91. The Balaban J connectivity index is 1.94. The number of carbonyl (C=O) groups is 2. The Morgan fingerprint density at radius 2 is 1.89 bits per heavy atom. The zero-order chi connectivity index (χ0) is 13.8. The molecule has 1 aromatic rings. The number of aromatic carboxylic acids is 1. The number of carboxylic acid groups (broad SMARTS) is 1. The maximum Gasteiger partial charge on any atom is 0.354 e. The molecule has 0 aromatic carbocycles. The number of hydrogen-bond acceptors (Lipinski definition) is 4. The maximum absolute atomic E-state index is 11.9. The van der Waals surface area contributed by atoms with Crippen LogP contribution in [0.4, 0.5) is 0 Å². The van der Waals surface area contributed by atoms with Crippen LogP contribution in [0.2, 0.25) is 0 Å². The van der Waals surface area contributed by atoms with Gasteiger partial charge < -0.3 is 15.5 Å². The van der Waals surface area contributed by atoms with E-state index >= 15 is 0 Å². The molecule has 1 aliphatic rings. The van der Waals surface area contributed by atoms with Crippen molar-refractivity contribution in [1.29, 1.82) is 0 Å². The highest BCUT2D eigenvalue weighted by Gasteiger charge is 2.21. The molecule has 1 amide bonds. The molecular formula is C13H16N2O4. The van der Waals surface area contributed by atoms with Gasteiger partial charge in [-0.2, -0.15) is 0 Å². The van der Waals surface area contributed by atoms with Gasteiger partial charge in [0.1, 0.15) is 5.69 Å². The fraction of sp³-hybridized carbons (Fsp3) is 0.462. The second-order valence-electron chi connectivity index (χ2n) is 4.72. The number of nitrogens with zero attached hydrogens (tertiary/aromatic N) is 1. The normalized spacial score (nSPS) is 22.8. The Hall–Kier alpha value is -1.95. The van der Waals surface area contributed by atoms with Crippen LogP contribution < -0.4 is 5.32 Å². The molecule has 19 heavy (non-hydrogen) atoms. The molecule has 1 heterocycles. The summed E-state index contributed by atoms with van der Waals surface area (Å²) in [6, 6.07) is 2.82. The Morgan fingerprint density at radius 3 is 2.42 bits per heavy atom. The van der Waals surface area contributed by atoms with E-state index in [4.69, 9.17) is 5.11 Å². The third kappa shape index (κ3) is 3.51. The van der Waals surface area contributed by atoms with Gasteiger partial charge in [-0.15, -0.1) is 0 Å². The van der Waals surface area contributed by atoms with Gasteiger partial charge in [0.25, 0.3) is 5.91 Å². The van der Waals surface area contributed by atoms with Crippen molar-refractivity contribution in [1.82, 2.24) is 10.3 Å². The number of amides is 1. The number of hydrogen-bond donors (Lipinski definition) is 3. The number of carboxylic acids is 1. The maximum atomic E-state index is 11.9. The lowest BCUT2D eigenvalue weighted by Crippen LogP contribution is -2.38. The molecule has 0 bridgehead atoms. The Kier molecular flexibility index (Phi) is 4.11. The average molecular weight is 264 g/mol. The van der Waals surface area contributed by atoms with Gasteiger partial charge in [0, 0.05) is 12.2 Å². The molecule has 1 aliphatic carbocycles. The first-order chi connectivity index (χ1) is 9.06. The summed E-state index contributed by atoms with van der Waals surface area (Å²) < 4.78 is 0. The smallest absolute Gasteiger partial charge is 0.354 e. The minimum absolute atomic E-state index is 0.0649. The first-order valence-corrected chi connectivity index (χ1v) is 6.24. The van der Waals surface area contributed by atoms with Crippen LogP contribution >= 0.6 is 0 Å². The van der Waals surface area contributed by atoms with Gasteiger partial charge in [-0.05, 0) is 37.8 Å². The van der Waals surface area contributed by atoms with Crippen molar-refractivity contribution >= 4 is 11.9 Å². The van der Waals surface area contributed by atoms with Crippen LogP contribution in [0.1, 0.15) is 46.5 Å². The first kappa shape index (κ1) is 13.5. The number of aromatic nitrogens is 1. The van der Waals surface area contributed by atoms with Gasteiger partial charge in [-0.25, -0.2) is 9.78 Å². The van der Waals surface area contributed by atoms with Gasteiger partial charge in [0.15, 0.2) is 0 Å². The number of pyridine rings is 1. The lowest BCUT2D eigenvalue weighted by Gasteiger charge is -2.26. The van der Waals surface area contributed by atoms with Crippen molar-refractivity contribution in [2.45, 2.75) is 37.8 Å². The van der Waals surface area contributed by atoms with Gasteiger partial charge in [0.05, 0.1) is 11.7 Å². The minimum atomic E-state index is -1.12. The van der Waals surface area contributed by atoms with Crippen LogP contribution in [-0.2, 0) is 0 Å². The predicted octanol–water partition coefficient (Wildman–Crippen LogP) is 0.813. The highest BCUT2D eigenvalue weighted by molar-refractivity contribution is 5.95. The summed E-state index contributed by atoms with van der Waals surface area (Å²) in [5, 5.41) is 21.0. The van der Waals surface area contributed by atoms with E-state index in [0.29, 0.717) is 18.4 Å². The van der Waals surface area contributed by atoms with Crippen LogP contribution in [0.5, 0.6) is 0 Å². The molecule has 6 heteroatoms. The molecule has 1 saturated carbocycles. The van der Waals surface area contributed by atoms with Crippen LogP contribution in [0.25, 0.3) is 0 Å². The molecule has 0 radical (unpaired) electrons. The number of carbonyl (C=O) groups excluding carboxylic acids is 1. The highest BCUT2D eigenvalue weighted by atomic mass is 16.4. The lowest BCUT2D eigenvalue weighted by molar-refractivity contribution is 0.0689. The molecule has 3 N–H and O–H groups in total. The zero-order valence-electron chi connectivity index (χ0n) is 10.4.